The lowest BCUT2D eigenvalue weighted by atomic mass is 10.0. The van der Waals surface area contributed by atoms with Gasteiger partial charge < -0.3 is 26.3 Å². The van der Waals surface area contributed by atoms with E-state index in [0.29, 0.717) is 22.7 Å². The van der Waals surface area contributed by atoms with Gasteiger partial charge in [0.2, 0.25) is 11.8 Å². The predicted octanol–water partition coefficient (Wildman–Crippen LogP) is 1.25. The third kappa shape index (κ3) is 5.88. The first-order valence-electron chi connectivity index (χ1n) is 9.63. The lowest BCUT2D eigenvalue weighted by molar-refractivity contribution is -0.138. The number of thiazole rings is 1. The number of oxime groups is 1. The van der Waals surface area contributed by atoms with Gasteiger partial charge in [0.05, 0.1) is 18.3 Å². The van der Waals surface area contributed by atoms with E-state index < -0.39 is 18.0 Å². The Balaban J connectivity index is 1.51. The highest BCUT2D eigenvalue weighted by Gasteiger charge is 2.27. The SMILES string of the molecule is CC(=O)Nc1cnc([C@@H](CNC(=O)CC2CC(c3ccc(C(=N)N)cc3)=NO2)C(=O)O)s1. The maximum absolute atomic E-state index is 12.3. The molecule has 1 aromatic heterocycles. The summed E-state index contributed by atoms with van der Waals surface area (Å²) in [5.74, 6) is -2.86. The van der Waals surface area contributed by atoms with E-state index in [1.54, 1.807) is 24.3 Å². The summed E-state index contributed by atoms with van der Waals surface area (Å²) in [6.07, 6.45) is 1.35. The van der Waals surface area contributed by atoms with Gasteiger partial charge >= 0.3 is 5.97 Å². The van der Waals surface area contributed by atoms with Gasteiger partial charge in [0.15, 0.2) is 0 Å². The molecule has 6 N–H and O–H groups in total. The van der Waals surface area contributed by atoms with Crippen molar-refractivity contribution in [2.75, 3.05) is 11.9 Å². The summed E-state index contributed by atoms with van der Waals surface area (Å²) in [6, 6.07) is 6.98. The van der Waals surface area contributed by atoms with Crippen molar-refractivity contribution >= 4 is 45.7 Å². The first-order valence-corrected chi connectivity index (χ1v) is 10.4. The molecule has 0 fully saturated rings. The third-order valence-corrected chi connectivity index (χ3v) is 5.62. The van der Waals surface area contributed by atoms with E-state index in [0.717, 1.165) is 16.9 Å². The Morgan fingerprint density at radius 3 is 2.69 bits per heavy atom. The van der Waals surface area contributed by atoms with Crippen LogP contribution in [0.3, 0.4) is 0 Å². The topological polar surface area (TPSA) is 180 Å². The van der Waals surface area contributed by atoms with Gasteiger partial charge in [-0.25, -0.2) is 4.98 Å². The molecule has 1 aromatic carbocycles. The number of nitrogen functional groups attached to an aromatic ring is 1. The Morgan fingerprint density at radius 2 is 2.06 bits per heavy atom. The number of carboxylic acid groups (broad SMARTS) is 1. The van der Waals surface area contributed by atoms with Gasteiger partial charge in [0.25, 0.3) is 0 Å². The van der Waals surface area contributed by atoms with E-state index in [1.807, 2.05) is 0 Å². The number of rotatable bonds is 9. The summed E-state index contributed by atoms with van der Waals surface area (Å²) in [4.78, 5) is 44.4. The van der Waals surface area contributed by atoms with Gasteiger partial charge in [-0.1, -0.05) is 29.4 Å². The molecular weight excluding hydrogens is 436 g/mol. The van der Waals surface area contributed by atoms with Gasteiger partial charge in [0, 0.05) is 25.5 Å². The van der Waals surface area contributed by atoms with Crippen LogP contribution in [0.2, 0.25) is 0 Å². The zero-order valence-corrected chi connectivity index (χ0v) is 17.9. The smallest absolute Gasteiger partial charge is 0.315 e. The molecule has 0 saturated heterocycles. The number of hydrogen-bond donors (Lipinski definition) is 5. The summed E-state index contributed by atoms with van der Waals surface area (Å²) >= 11 is 1.04. The Morgan fingerprint density at radius 1 is 1.34 bits per heavy atom. The van der Waals surface area contributed by atoms with Crippen LogP contribution < -0.4 is 16.4 Å². The fourth-order valence-electron chi connectivity index (χ4n) is 3.01. The van der Waals surface area contributed by atoms with Crippen LogP contribution in [-0.2, 0) is 19.2 Å². The quantitative estimate of drug-likeness (QED) is 0.277. The summed E-state index contributed by atoms with van der Waals surface area (Å²) in [5, 5.41) is 26.8. The highest BCUT2D eigenvalue weighted by atomic mass is 32.1. The van der Waals surface area contributed by atoms with E-state index in [1.165, 1.54) is 13.1 Å². The Bertz CT molecular complexity index is 1060. The number of aromatic nitrogens is 1. The van der Waals surface area contributed by atoms with Crippen LogP contribution in [0.4, 0.5) is 5.00 Å². The van der Waals surface area contributed by atoms with E-state index >= 15 is 0 Å². The molecule has 12 heteroatoms. The van der Waals surface area contributed by atoms with Crippen molar-refractivity contribution in [3.8, 4) is 0 Å². The number of nitrogens with one attached hydrogen (secondary N) is 3. The first-order chi connectivity index (χ1) is 15.2. The number of carboxylic acids is 1. The third-order valence-electron chi connectivity index (χ3n) is 4.60. The van der Waals surface area contributed by atoms with Gasteiger partial charge in [-0.3, -0.25) is 19.8 Å². The van der Waals surface area contributed by atoms with Crippen LogP contribution in [0.15, 0.2) is 35.6 Å². The standard InChI is InChI=1S/C20H22N6O5S/c1-10(27)25-17-9-24-19(32-17)14(20(29)30)8-23-16(28)7-13-6-15(26-31-13)11-2-4-12(5-3-11)18(21)22/h2-5,9,13-14H,6-8H2,1H3,(H3,21,22)(H,23,28)(H,25,27)(H,29,30)/t13?,14-/m1/s1. The molecule has 1 aliphatic rings. The number of amidine groups is 1. The van der Waals surface area contributed by atoms with Crippen molar-refractivity contribution in [1.82, 2.24) is 10.3 Å². The Hall–Kier alpha value is -3.80. The van der Waals surface area contributed by atoms with Crippen LogP contribution in [-0.4, -0.2) is 52.1 Å². The number of hydrogen-bond acceptors (Lipinski definition) is 8. The van der Waals surface area contributed by atoms with Crippen molar-refractivity contribution in [1.29, 1.82) is 5.41 Å². The van der Waals surface area contributed by atoms with Crippen molar-refractivity contribution in [2.24, 2.45) is 10.9 Å². The largest absolute Gasteiger partial charge is 0.481 e. The maximum Gasteiger partial charge on any atom is 0.315 e. The lowest BCUT2D eigenvalue weighted by Gasteiger charge is -2.12. The summed E-state index contributed by atoms with van der Waals surface area (Å²) in [7, 11) is 0. The van der Waals surface area contributed by atoms with Crippen LogP contribution >= 0.6 is 11.3 Å². The van der Waals surface area contributed by atoms with Crippen molar-refractivity contribution < 1.29 is 24.3 Å². The van der Waals surface area contributed by atoms with Crippen LogP contribution in [0, 0.1) is 5.41 Å². The molecule has 3 rings (SSSR count). The molecule has 0 bridgehead atoms. The second-order valence-corrected chi connectivity index (χ2v) is 8.17. The van der Waals surface area contributed by atoms with Gasteiger partial charge in [0.1, 0.15) is 27.9 Å². The summed E-state index contributed by atoms with van der Waals surface area (Å²) in [5.41, 5.74) is 7.53. The highest BCUT2D eigenvalue weighted by molar-refractivity contribution is 7.16. The molecule has 1 unspecified atom stereocenters. The summed E-state index contributed by atoms with van der Waals surface area (Å²) in [6.45, 7) is 1.20. The second kappa shape index (κ2) is 10.0. The average Bonchev–Trinajstić information content (AvgIpc) is 3.37. The maximum atomic E-state index is 12.3. The fourth-order valence-corrected chi connectivity index (χ4v) is 3.96. The van der Waals surface area contributed by atoms with Crippen molar-refractivity contribution in [2.45, 2.75) is 31.8 Å². The molecule has 2 aromatic rings. The molecule has 0 saturated carbocycles. The number of aliphatic carboxylic acids is 1. The molecule has 32 heavy (non-hydrogen) atoms. The monoisotopic (exact) mass is 458 g/mol. The highest BCUT2D eigenvalue weighted by Crippen LogP contribution is 2.26. The van der Waals surface area contributed by atoms with Gasteiger partial charge in [-0.15, -0.1) is 11.3 Å². The number of anilines is 1. The number of nitrogens with zero attached hydrogens (tertiary/aromatic N) is 2. The number of carbonyl (C=O) groups excluding carboxylic acids is 2. The molecule has 2 amide bonds. The minimum Gasteiger partial charge on any atom is -0.481 e. The zero-order valence-electron chi connectivity index (χ0n) is 17.1. The number of nitrogens with two attached hydrogens (primary N) is 1. The van der Waals surface area contributed by atoms with E-state index in [4.69, 9.17) is 16.0 Å². The minimum absolute atomic E-state index is 0.0138. The molecule has 2 atom stereocenters. The van der Waals surface area contributed by atoms with E-state index in [9.17, 15) is 19.5 Å². The molecule has 1 aliphatic heterocycles. The number of benzene rings is 1. The molecule has 168 valence electrons. The van der Waals surface area contributed by atoms with Gasteiger partial charge in [-0.05, 0) is 5.56 Å². The number of amides is 2. The molecule has 0 radical (unpaired) electrons. The van der Waals surface area contributed by atoms with Crippen molar-refractivity contribution in [3.63, 3.8) is 0 Å². The van der Waals surface area contributed by atoms with E-state index in [-0.39, 0.29) is 35.6 Å². The van der Waals surface area contributed by atoms with E-state index in [2.05, 4.69) is 20.8 Å². The Labute approximate surface area is 187 Å². The molecule has 0 spiro atoms. The van der Waals surface area contributed by atoms with Crippen LogP contribution in [0.5, 0.6) is 0 Å². The molecular formula is C20H22N6O5S. The zero-order chi connectivity index (χ0) is 23.3. The molecule has 2 heterocycles. The minimum atomic E-state index is -1.13. The van der Waals surface area contributed by atoms with Crippen molar-refractivity contribution in [3.05, 3.63) is 46.6 Å². The molecule has 0 aliphatic carbocycles. The molecule has 11 nitrogen and oxygen atoms in total. The average molecular weight is 459 g/mol. The van der Waals surface area contributed by atoms with Gasteiger partial charge in [-0.2, -0.15) is 0 Å². The predicted molar refractivity (Wildman–Crippen MR) is 118 cm³/mol. The van der Waals surface area contributed by atoms with Crippen LogP contribution in [0.25, 0.3) is 0 Å². The summed E-state index contributed by atoms with van der Waals surface area (Å²) < 4.78 is 0. The second-order valence-electron chi connectivity index (χ2n) is 7.10. The van der Waals surface area contributed by atoms with Crippen LogP contribution in [0.1, 0.15) is 41.8 Å². The first kappa shape index (κ1) is 22.9. The number of carbonyl (C=O) groups is 3. The normalized spacial score (nSPS) is 15.9. The lowest BCUT2D eigenvalue weighted by Crippen LogP contribution is -2.33. The Kier molecular flexibility index (Phi) is 7.15. The fraction of sp³-hybridized carbons (Fsp3) is 0.300.